The molecule has 3 unspecified atom stereocenters. The quantitative estimate of drug-likeness (QED) is 0.280. The minimum Gasteiger partial charge on any atom is -0.770 e. The van der Waals surface area contributed by atoms with Gasteiger partial charge in [-0.15, -0.1) is 49.8 Å². The van der Waals surface area contributed by atoms with Gasteiger partial charge < -0.3 is 21.1 Å². The van der Waals surface area contributed by atoms with Crippen LogP contribution in [0.4, 0.5) is 0 Å². The fraction of sp³-hybridized carbons (Fsp3) is 0.600. The van der Waals surface area contributed by atoms with Crippen LogP contribution in [0.25, 0.3) is 10.6 Å². The molecule has 1 fully saturated rings. The second kappa shape index (κ2) is 12.1. The summed E-state index contributed by atoms with van der Waals surface area (Å²) in [5.74, 6) is 1.72. The Morgan fingerprint density at radius 2 is 2.19 bits per heavy atom. The molecule has 4 nitrogen and oxygen atoms in total. The number of hydrogen-bond donors (Lipinski definition) is 0. The van der Waals surface area contributed by atoms with Gasteiger partial charge in [0.1, 0.15) is 0 Å². The van der Waals surface area contributed by atoms with E-state index in [-0.39, 0.29) is 32.4 Å². The molecule has 5 aliphatic heterocycles. The van der Waals surface area contributed by atoms with Gasteiger partial charge >= 0.3 is 0 Å². The number of allylic oxidation sites excluding steroid dienone is 5. The summed E-state index contributed by atoms with van der Waals surface area (Å²) in [6.07, 6.45) is 23.1. The van der Waals surface area contributed by atoms with E-state index in [0.29, 0.717) is 29.2 Å². The van der Waals surface area contributed by atoms with E-state index in [1.54, 1.807) is 0 Å². The van der Waals surface area contributed by atoms with Crippen molar-refractivity contribution >= 4 is 17.5 Å². The van der Waals surface area contributed by atoms with Crippen molar-refractivity contribution in [1.82, 2.24) is 0 Å². The standard InChI is InChI=1S/C19H22N2OS.C11H15N.Ir/c1-11-5-6-14-13-3-2-4-15(17(13)22-19(14)21-11)16-18-12(7-9-20-16)8-10-23-18;1-2-6-10(7-3-1)11-8-4-5-9-12-11;/h4,7-8,10,13-14,16,18-19H,2-3,5-6,9H2,1H3;8H,1-6,9H2;/q2*-2;/t13-,14?,16-,18?,19?;;/m0../s1/i1D3;;. The smallest absolute Gasteiger partial charge is 0.171 e. The zero-order chi connectivity index (χ0) is 26.1. The summed E-state index contributed by atoms with van der Waals surface area (Å²) in [4.78, 5) is 4.51. The number of ether oxygens (including phenoxy) is 1. The molecule has 0 aromatic carbocycles. The van der Waals surface area contributed by atoms with Crippen molar-refractivity contribution in [3.05, 3.63) is 74.9 Å². The van der Waals surface area contributed by atoms with Crippen molar-refractivity contribution in [3.63, 3.8) is 0 Å². The first-order chi connectivity index (χ1) is 18.5. The Labute approximate surface area is 239 Å². The van der Waals surface area contributed by atoms with E-state index in [1.807, 2.05) is 11.8 Å². The molecule has 0 bridgehead atoms. The molecule has 197 valence electrons. The Kier molecular flexibility index (Phi) is 7.65. The molecule has 1 saturated heterocycles. The second-order valence-electron chi connectivity index (χ2n) is 10.3. The third-order valence-corrected chi connectivity index (χ3v) is 9.24. The molecule has 7 rings (SSSR count). The minimum absolute atomic E-state index is 0. The van der Waals surface area contributed by atoms with Crippen LogP contribution in [-0.2, 0) is 24.8 Å². The number of thioether (sulfide) groups is 1. The summed E-state index contributed by atoms with van der Waals surface area (Å²) < 4.78 is 29.3. The van der Waals surface area contributed by atoms with Gasteiger partial charge in [-0.05, 0) is 42.4 Å². The van der Waals surface area contributed by atoms with Crippen LogP contribution >= 0.6 is 11.8 Å². The molecule has 6 heteroatoms. The van der Waals surface area contributed by atoms with E-state index >= 15 is 0 Å². The van der Waals surface area contributed by atoms with E-state index in [4.69, 9.17) is 14.2 Å². The maximum atomic E-state index is 7.66. The van der Waals surface area contributed by atoms with Crippen LogP contribution in [-0.4, -0.2) is 36.3 Å². The number of nitrogens with zero attached hydrogens (tertiary/aromatic N) is 3. The van der Waals surface area contributed by atoms with Gasteiger partial charge in [-0.1, -0.05) is 44.6 Å². The third kappa shape index (κ3) is 5.48. The summed E-state index contributed by atoms with van der Waals surface area (Å²) >= 11 is 1.84. The molecule has 5 atom stereocenters. The van der Waals surface area contributed by atoms with Crippen LogP contribution in [0.1, 0.15) is 75.2 Å². The number of rotatable bonds is 2. The van der Waals surface area contributed by atoms with Gasteiger partial charge in [0.05, 0.1) is 0 Å². The molecule has 36 heavy (non-hydrogen) atoms. The van der Waals surface area contributed by atoms with Crippen LogP contribution in [0.3, 0.4) is 0 Å². The summed E-state index contributed by atoms with van der Waals surface area (Å²) in [6, 6.07) is 0.138. The van der Waals surface area contributed by atoms with Crippen LogP contribution in [0.15, 0.2) is 56.8 Å². The molecule has 0 aromatic heterocycles. The van der Waals surface area contributed by atoms with Gasteiger partial charge in [-0.2, -0.15) is 11.6 Å². The molecule has 2 aliphatic carbocycles. The van der Waals surface area contributed by atoms with Crippen molar-refractivity contribution in [1.29, 1.82) is 0 Å². The Hall–Kier alpha value is -1.20. The van der Waals surface area contributed by atoms with Crippen molar-refractivity contribution in [3.8, 4) is 0 Å². The normalized spacial score (nSPS) is 36.0. The van der Waals surface area contributed by atoms with Gasteiger partial charge in [0.15, 0.2) is 6.23 Å². The Bertz CT molecular complexity index is 1090. The van der Waals surface area contributed by atoms with E-state index < -0.39 is 6.85 Å². The first-order valence-electron chi connectivity index (χ1n) is 15.0. The van der Waals surface area contributed by atoms with Gasteiger partial charge in [0, 0.05) is 41.1 Å². The molecule has 0 spiro atoms. The molecule has 0 N–H and O–H groups in total. The average Bonchev–Trinajstić information content (AvgIpc) is 3.58. The van der Waals surface area contributed by atoms with Crippen molar-refractivity contribution < 1.29 is 29.0 Å². The number of fused-ring (bicyclic) bond motifs is 4. The molecule has 7 aliphatic rings. The zero-order valence-corrected chi connectivity index (χ0v) is 24.0. The van der Waals surface area contributed by atoms with Crippen LogP contribution in [0, 0.1) is 24.3 Å². The summed E-state index contributed by atoms with van der Waals surface area (Å²) in [7, 11) is 0. The predicted molar refractivity (Wildman–Crippen MR) is 146 cm³/mol. The zero-order valence-electron chi connectivity index (χ0n) is 23.8. The van der Waals surface area contributed by atoms with Gasteiger partial charge in [0.2, 0.25) is 0 Å². The molecule has 0 saturated carbocycles. The summed E-state index contributed by atoms with van der Waals surface area (Å²) in [5.41, 5.74) is 5.57. The Balaban J connectivity index is 0.000000200. The second-order valence-corrected chi connectivity index (χ2v) is 11.4. The summed E-state index contributed by atoms with van der Waals surface area (Å²) in [5, 5.41) is 11.9. The molecule has 5 heterocycles. The third-order valence-electron chi connectivity index (χ3n) is 8.12. The monoisotopic (exact) mass is 683 g/mol. The van der Waals surface area contributed by atoms with Gasteiger partial charge in [0.25, 0.3) is 0 Å². The van der Waals surface area contributed by atoms with Gasteiger partial charge in [-0.25, -0.2) is 12.0 Å². The first-order valence-corrected chi connectivity index (χ1v) is 14.4. The van der Waals surface area contributed by atoms with E-state index in [9.17, 15) is 0 Å². The van der Waals surface area contributed by atoms with Crippen molar-refractivity contribution in [2.75, 3.05) is 13.1 Å². The largest absolute Gasteiger partial charge is 0.770 e. The SMILES string of the molecule is [2H]C([2H])([2H])C1=NC2OC3=C([C@@H]4[N-]CC=C5C=CSC54)[CH-]CC[C@H]3C2CC1.[C-]1=C(C2=CCCC[N-]2)CCCC1.[Ir]. The molecular weight excluding hydrogens is 643 g/mol. The molecular formula is C30H37IrN3OS-4. The number of aliphatic imine (C=N–C) groups is 1. The van der Waals surface area contributed by atoms with Crippen LogP contribution in [0.2, 0.25) is 0 Å². The topological polar surface area (TPSA) is 49.8 Å². The first kappa shape index (κ1) is 22.8. The molecule has 0 amide bonds. The summed E-state index contributed by atoms with van der Waals surface area (Å²) in [6.45, 7) is -0.322. The number of hydrogen-bond acceptors (Lipinski definition) is 3. The average molecular weight is 683 g/mol. The van der Waals surface area contributed by atoms with Crippen molar-refractivity contribution in [2.24, 2.45) is 16.8 Å². The van der Waals surface area contributed by atoms with Crippen LogP contribution in [0.5, 0.6) is 0 Å². The minimum atomic E-state index is -2.10. The van der Waals surface area contributed by atoms with Gasteiger partial charge in [-0.3, -0.25) is 11.1 Å². The maximum Gasteiger partial charge on any atom is 0.171 e. The fourth-order valence-electron chi connectivity index (χ4n) is 6.33. The van der Waals surface area contributed by atoms with E-state index in [1.165, 1.54) is 54.5 Å². The Morgan fingerprint density at radius 3 is 3.03 bits per heavy atom. The van der Waals surface area contributed by atoms with Crippen molar-refractivity contribution in [2.45, 2.75) is 88.6 Å². The predicted octanol–water partition coefficient (Wildman–Crippen LogP) is 7.73. The molecule has 1 radical (unpaired) electrons. The van der Waals surface area contributed by atoms with Crippen LogP contribution < -0.4 is 0 Å². The maximum absolute atomic E-state index is 7.66. The van der Waals surface area contributed by atoms with E-state index in [0.717, 1.165) is 44.5 Å². The van der Waals surface area contributed by atoms with E-state index in [2.05, 4.69) is 46.4 Å². The molecule has 0 aromatic rings. The Morgan fingerprint density at radius 1 is 1.22 bits per heavy atom. The fourth-order valence-corrected chi connectivity index (χ4v) is 7.45.